The van der Waals surface area contributed by atoms with Gasteiger partial charge in [0, 0.05) is 11.1 Å². The lowest BCUT2D eigenvalue weighted by Gasteiger charge is -2.05. The molecule has 5 rings (SSSR count). The van der Waals surface area contributed by atoms with Crippen LogP contribution >= 0.6 is 0 Å². The van der Waals surface area contributed by atoms with Gasteiger partial charge in [-0.15, -0.1) is 0 Å². The monoisotopic (exact) mass is 424 g/mol. The van der Waals surface area contributed by atoms with E-state index >= 15 is 0 Å². The number of phenolic OH excluding ortho intramolecular Hbond substituents is 1. The molecule has 158 valence electrons. The molecule has 5 N–H and O–H groups in total. The van der Waals surface area contributed by atoms with Crippen LogP contribution in [0.1, 0.15) is 16.7 Å². The Bertz CT molecular complexity index is 1290. The van der Waals surface area contributed by atoms with Crippen LogP contribution in [-0.2, 0) is 0 Å². The quantitative estimate of drug-likeness (QED) is 0.205. The fraction of sp³-hybridized carbons (Fsp3) is 0.0435. The van der Waals surface area contributed by atoms with Gasteiger partial charge in [0.1, 0.15) is 5.75 Å². The highest BCUT2D eigenvalue weighted by Crippen LogP contribution is 2.22. The van der Waals surface area contributed by atoms with E-state index in [2.05, 4.69) is 41.0 Å². The minimum atomic E-state index is 0.0703. The summed E-state index contributed by atoms with van der Waals surface area (Å²) in [6, 6.07) is 19.1. The number of aromatic amines is 2. The summed E-state index contributed by atoms with van der Waals surface area (Å²) in [5.74, 6) is 1.11. The third-order valence-corrected chi connectivity index (χ3v) is 4.84. The Hall–Kier alpha value is -4.66. The zero-order chi connectivity index (χ0) is 21.9. The van der Waals surface area contributed by atoms with E-state index in [1.807, 2.05) is 67.6 Å². The molecule has 0 unspecified atom stereocenters. The summed E-state index contributed by atoms with van der Waals surface area (Å²) in [4.78, 5) is 15.1. The molecule has 0 aliphatic carbocycles. The first-order valence-corrected chi connectivity index (χ1v) is 9.97. The number of hydrazone groups is 2. The summed E-state index contributed by atoms with van der Waals surface area (Å²) >= 11 is 0. The van der Waals surface area contributed by atoms with Crippen LogP contribution in [0.5, 0.6) is 5.75 Å². The van der Waals surface area contributed by atoms with Gasteiger partial charge in [0.15, 0.2) is 0 Å². The number of fused-ring (bicyclic) bond motifs is 2. The Labute approximate surface area is 182 Å². The molecule has 9 nitrogen and oxygen atoms in total. The fourth-order valence-corrected chi connectivity index (χ4v) is 3.37. The number of anilines is 2. The maximum atomic E-state index is 10.7. The van der Waals surface area contributed by atoms with E-state index < -0.39 is 0 Å². The number of aryl methyl sites for hydroxylation is 1. The van der Waals surface area contributed by atoms with Crippen LogP contribution in [0.15, 0.2) is 70.9 Å². The summed E-state index contributed by atoms with van der Waals surface area (Å²) in [5, 5.41) is 19.0. The molecule has 9 heteroatoms. The summed E-state index contributed by atoms with van der Waals surface area (Å²) < 4.78 is 0. The van der Waals surface area contributed by atoms with Crippen molar-refractivity contribution >= 4 is 46.4 Å². The van der Waals surface area contributed by atoms with Crippen LogP contribution in [0.3, 0.4) is 0 Å². The number of hydrogen-bond acceptors (Lipinski definition) is 7. The number of benzene rings is 3. The molecule has 0 bridgehead atoms. The van der Waals surface area contributed by atoms with Gasteiger partial charge in [0.2, 0.25) is 11.9 Å². The van der Waals surface area contributed by atoms with Crippen LogP contribution in [0.2, 0.25) is 0 Å². The number of imidazole rings is 2. The summed E-state index contributed by atoms with van der Waals surface area (Å²) in [5.41, 5.74) is 11.3. The van der Waals surface area contributed by atoms with E-state index in [9.17, 15) is 5.11 Å². The average molecular weight is 424 g/mol. The topological polar surface area (TPSA) is 126 Å². The van der Waals surface area contributed by atoms with E-state index in [1.165, 1.54) is 0 Å². The summed E-state index contributed by atoms with van der Waals surface area (Å²) in [6.07, 6.45) is 3.08. The Morgan fingerprint density at radius 2 is 1.25 bits per heavy atom. The molecule has 0 aliphatic rings. The predicted octanol–water partition coefficient (Wildman–Crippen LogP) is 4.35. The molecule has 0 atom stereocenters. The van der Waals surface area contributed by atoms with E-state index in [0.717, 1.165) is 27.6 Å². The highest BCUT2D eigenvalue weighted by molar-refractivity contribution is 5.92. The molecule has 5 aromatic rings. The van der Waals surface area contributed by atoms with Crippen LogP contribution < -0.4 is 10.9 Å². The van der Waals surface area contributed by atoms with Crippen molar-refractivity contribution in [3.63, 3.8) is 0 Å². The Morgan fingerprint density at radius 3 is 1.72 bits per heavy atom. The van der Waals surface area contributed by atoms with Gasteiger partial charge in [-0.05, 0) is 48.9 Å². The molecule has 32 heavy (non-hydrogen) atoms. The molecule has 0 aliphatic heterocycles. The van der Waals surface area contributed by atoms with Gasteiger partial charge in [0.05, 0.1) is 34.5 Å². The molecule has 3 aromatic carbocycles. The number of phenols is 1. The van der Waals surface area contributed by atoms with Crippen molar-refractivity contribution in [3.8, 4) is 5.75 Å². The molecule has 0 amide bonds. The first-order chi connectivity index (χ1) is 15.7. The van der Waals surface area contributed by atoms with Crippen molar-refractivity contribution in [2.24, 2.45) is 10.2 Å². The number of nitrogens with zero attached hydrogens (tertiary/aromatic N) is 4. The molecule has 2 aromatic heterocycles. The molecule has 0 fully saturated rings. The van der Waals surface area contributed by atoms with Gasteiger partial charge in [0.25, 0.3) is 0 Å². The minimum absolute atomic E-state index is 0.0703. The van der Waals surface area contributed by atoms with Crippen molar-refractivity contribution in [3.05, 3.63) is 77.4 Å². The largest absolute Gasteiger partial charge is 0.507 e. The average Bonchev–Trinajstić information content (AvgIpc) is 3.39. The van der Waals surface area contributed by atoms with Crippen LogP contribution in [0.4, 0.5) is 11.9 Å². The van der Waals surface area contributed by atoms with Gasteiger partial charge < -0.3 is 15.1 Å². The van der Waals surface area contributed by atoms with Crippen LogP contribution in [0, 0.1) is 6.92 Å². The van der Waals surface area contributed by atoms with Crippen molar-refractivity contribution in [2.75, 3.05) is 10.9 Å². The second-order valence-electron chi connectivity index (χ2n) is 7.24. The first kappa shape index (κ1) is 19.3. The Morgan fingerprint density at radius 1 is 0.781 bits per heavy atom. The van der Waals surface area contributed by atoms with Gasteiger partial charge in [-0.1, -0.05) is 24.3 Å². The number of H-pyrrole nitrogens is 2. The molecule has 2 heterocycles. The van der Waals surface area contributed by atoms with Gasteiger partial charge >= 0.3 is 0 Å². The standard InChI is InChI=1S/C23H20N8O/c1-14-10-15(12-24-30-22-26-17-6-2-3-7-18(17)27-22)21(32)16(11-14)13-25-31-23-28-19-8-4-5-9-20(19)29-23/h2-13,32H,1H3,(H2,26,27,30)(H2,28,29,31)/b24-12+,25-13?. The SMILES string of the molecule is Cc1cc(C=NNc2nc3ccccc3[nH]2)c(O)c(/C=N/Nc2nc3ccccc3[nH]2)c1. The second-order valence-corrected chi connectivity index (χ2v) is 7.24. The number of nitrogens with one attached hydrogen (secondary N) is 4. The molecule has 0 saturated carbocycles. The number of para-hydroxylation sites is 4. The highest BCUT2D eigenvalue weighted by Gasteiger charge is 2.07. The Kier molecular flexibility index (Phi) is 4.97. The second kappa shape index (κ2) is 8.23. The van der Waals surface area contributed by atoms with Crippen molar-refractivity contribution in [1.29, 1.82) is 0 Å². The smallest absolute Gasteiger partial charge is 0.222 e. The molecular formula is C23H20N8O. The van der Waals surface area contributed by atoms with Gasteiger partial charge in [-0.25, -0.2) is 20.8 Å². The van der Waals surface area contributed by atoms with Gasteiger partial charge in [-0.3, -0.25) is 0 Å². The number of aromatic hydroxyl groups is 1. The predicted molar refractivity (Wildman–Crippen MR) is 127 cm³/mol. The molecular weight excluding hydrogens is 404 g/mol. The third-order valence-electron chi connectivity index (χ3n) is 4.84. The van der Waals surface area contributed by atoms with E-state index in [-0.39, 0.29) is 5.75 Å². The fourth-order valence-electron chi connectivity index (χ4n) is 3.37. The zero-order valence-electron chi connectivity index (χ0n) is 17.2. The van der Waals surface area contributed by atoms with E-state index in [4.69, 9.17) is 0 Å². The third kappa shape index (κ3) is 3.99. The normalized spacial score (nSPS) is 11.8. The molecule has 0 radical (unpaired) electrons. The summed E-state index contributed by atoms with van der Waals surface area (Å²) in [6.45, 7) is 1.94. The lowest BCUT2D eigenvalue weighted by molar-refractivity contribution is 0.473. The maximum Gasteiger partial charge on any atom is 0.222 e. The zero-order valence-corrected chi connectivity index (χ0v) is 17.2. The lowest BCUT2D eigenvalue weighted by atomic mass is 10.1. The van der Waals surface area contributed by atoms with E-state index in [0.29, 0.717) is 23.0 Å². The number of aromatic nitrogens is 4. The molecule has 0 spiro atoms. The van der Waals surface area contributed by atoms with Crippen LogP contribution in [0.25, 0.3) is 22.1 Å². The Balaban J connectivity index is 1.31. The number of rotatable bonds is 6. The highest BCUT2D eigenvalue weighted by atomic mass is 16.3. The summed E-state index contributed by atoms with van der Waals surface area (Å²) in [7, 11) is 0. The van der Waals surface area contributed by atoms with E-state index in [1.54, 1.807) is 12.4 Å². The van der Waals surface area contributed by atoms with Crippen LogP contribution in [-0.4, -0.2) is 37.5 Å². The van der Waals surface area contributed by atoms with Crippen molar-refractivity contribution in [2.45, 2.75) is 6.92 Å². The van der Waals surface area contributed by atoms with Crippen molar-refractivity contribution in [1.82, 2.24) is 19.9 Å². The lowest BCUT2D eigenvalue weighted by Crippen LogP contribution is -1.97. The first-order valence-electron chi connectivity index (χ1n) is 9.97. The van der Waals surface area contributed by atoms with Crippen molar-refractivity contribution < 1.29 is 5.11 Å². The minimum Gasteiger partial charge on any atom is -0.507 e. The number of hydrogen-bond donors (Lipinski definition) is 5. The molecule has 0 saturated heterocycles. The maximum absolute atomic E-state index is 10.7. The van der Waals surface area contributed by atoms with Gasteiger partial charge in [-0.2, -0.15) is 10.2 Å².